The first-order chi connectivity index (χ1) is 16.3. The number of nitrogens with one attached hydrogen (secondary N) is 2. The Morgan fingerprint density at radius 2 is 1.71 bits per heavy atom. The Kier molecular flexibility index (Phi) is 12.1. The average molecular weight is 492 g/mol. The number of amides is 3. The van der Waals surface area contributed by atoms with Gasteiger partial charge in [0.25, 0.3) is 0 Å². The van der Waals surface area contributed by atoms with E-state index in [1.54, 1.807) is 32.9 Å². The van der Waals surface area contributed by atoms with Gasteiger partial charge in [0, 0.05) is 12.6 Å². The average Bonchev–Trinajstić information content (AvgIpc) is 2.74. The van der Waals surface area contributed by atoms with Crippen LogP contribution >= 0.6 is 0 Å². The molecule has 3 amide bonds. The monoisotopic (exact) mass is 491 g/mol. The van der Waals surface area contributed by atoms with Gasteiger partial charge < -0.3 is 25.4 Å². The number of hydrogen-bond donors (Lipinski definition) is 3. The van der Waals surface area contributed by atoms with Gasteiger partial charge in [0.15, 0.2) is 0 Å². The van der Waals surface area contributed by atoms with Crippen molar-refractivity contribution in [3.8, 4) is 5.75 Å². The molecular formula is C27H45N3O5. The van der Waals surface area contributed by atoms with Gasteiger partial charge in [-0.25, -0.2) is 4.79 Å². The van der Waals surface area contributed by atoms with Crippen LogP contribution < -0.4 is 10.6 Å². The van der Waals surface area contributed by atoms with Crippen molar-refractivity contribution in [1.29, 1.82) is 0 Å². The smallest absolute Gasteiger partial charge is 0.408 e. The molecule has 3 atom stereocenters. The zero-order valence-corrected chi connectivity index (χ0v) is 22.7. The molecular weight excluding hydrogens is 446 g/mol. The SMILES string of the molecule is CCCCCN(C(=O)C(NC(=O)OC(C)(C)C)C(C)CC)C(C(=O)NC(C)C)c1cccc(O)c1. The highest BCUT2D eigenvalue weighted by atomic mass is 16.6. The van der Waals surface area contributed by atoms with Crippen LogP contribution in [0.2, 0.25) is 0 Å². The number of unbranched alkanes of at least 4 members (excludes halogenated alkanes) is 2. The number of phenolic OH excluding ortho intramolecular Hbond substituents is 1. The van der Waals surface area contributed by atoms with Gasteiger partial charge >= 0.3 is 6.09 Å². The maximum absolute atomic E-state index is 14.0. The normalized spacial score (nSPS) is 14.1. The zero-order valence-electron chi connectivity index (χ0n) is 22.7. The van der Waals surface area contributed by atoms with E-state index in [0.29, 0.717) is 24.9 Å². The maximum atomic E-state index is 14.0. The minimum Gasteiger partial charge on any atom is -0.508 e. The summed E-state index contributed by atoms with van der Waals surface area (Å²) >= 11 is 0. The van der Waals surface area contributed by atoms with Gasteiger partial charge in [0.2, 0.25) is 11.8 Å². The number of aromatic hydroxyl groups is 1. The van der Waals surface area contributed by atoms with Gasteiger partial charge in [-0.1, -0.05) is 52.2 Å². The molecule has 198 valence electrons. The summed E-state index contributed by atoms with van der Waals surface area (Å²) in [5.41, 5.74) is -0.206. The molecule has 0 aliphatic rings. The second-order valence-electron chi connectivity index (χ2n) is 10.4. The molecule has 1 aromatic rings. The van der Waals surface area contributed by atoms with Gasteiger partial charge in [-0.2, -0.15) is 0 Å². The molecule has 3 N–H and O–H groups in total. The summed E-state index contributed by atoms with van der Waals surface area (Å²) in [5.74, 6) is -0.873. The van der Waals surface area contributed by atoms with Gasteiger partial charge in [-0.05, 0) is 64.7 Å². The molecule has 0 fully saturated rings. The molecule has 0 heterocycles. The van der Waals surface area contributed by atoms with Crippen LogP contribution in [0.3, 0.4) is 0 Å². The predicted molar refractivity (Wildman–Crippen MR) is 138 cm³/mol. The summed E-state index contributed by atoms with van der Waals surface area (Å²) in [6.07, 6.45) is 2.50. The second kappa shape index (κ2) is 14.0. The number of rotatable bonds is 12. The van der Waals surface area contributed by atoms with Gasteiger partial charge in [0.05, 0.1) is 0 Å². The Balaban J connectivity index is 3.49. The van der Waals surface area contributed by atoms with E-state index in [1.165, 1.54) is 17.0 Å². The van der Waals surface area contributed by atoms with Gasteiger partial charge in [-0.15, -0.1) is 0 Å². The Morgan fingerprint density at radius 1 is 1.06 bits per heavy atom. The highest BCUT2D eigenvalue weighted by Crippen LogP contribution is 2.27. The second-order valence-corrected chi connectivity index (χ2v) is 10.4. The summed E-state index contributed by atoms with van der Waals surface area (Å²) in [5, 5.41) is 15.8. The summed E-state index contributed by atoms with van der Waals surface area (Å²) in [6, 6.07) is 4.44. The molecule has 0 saturated carbocycles. The van der Waals surface area contributed by atoms with Crippen molar-refractivity contribution in [2.45, 2.75) is 105 Å². The number of benzene rings is 1. The molecule has 0 aromatic heterocycles. The van der Waals surface area contributed by atoms with Crippen molar-refractivity contribution in [3.63, 3.8) is 0 Å². The summed E-state index contributed by atoms with van der Waals surface area (Å²) < 4.78 is 5.42. The van der Waals surface area contributed by atoms with Crippen molar-refractivity contribution in [3.05, 3.63) is 29.8 Å². The largest absolute Gasteiger partial charge is 0.508 e. The fourth-order valence-corrected chi connectivity index (χ4v) is 3.73. The third-order valence-corrected chi connectivity index (χ3v) is 5.61. The molecule has 0 bridgehead atoms. The molecule has 0 aliphatic carbocycles. The van der Waals surface area contributed by atoms with Gasteiger partial charge in [0.1, 0.15) is 23.4 Å². The molecule has 0 aliphatic heterocycles. The third-order valence-electron chi connectivity index (χ3n) is 5.61. The quantitative estimate of drug-likeness (QED) is 0.360. The molecule has 1 rings (SSSR count). The van der Waals surface area contributed by atoms with Crippen molar-refractivity contribution in [2.24, 2.45) is 5.92 Å². The van der Waals surface area contributed by atoms with Crippen LogP contribution in [-0.2, 0) is 14.3 Å². The van der Waals surface area contributed by atoms with Crippen LogP contribution in [0.5, 0.6) is 5.75 Å². The lowest BCUT2D eigenvalue weighted by Gasteiger charge is -2.36. The number of carbonyl (C=O) groups excluding carboxylic acids is 3. The standard InChI is InChI=1S/C27H45N3O5/c1-9-11-12-16-30(23(24(32)28-18(3)4)20-14-13-15-21(31)17-20)25(33)22(19(5)10-2)29-26(34)35-27(6,7)8/h13-15,17-19,22-23,31H,9-12,16H2,1-8H3,(H,28,32)(H,29,34). The molecule has 8 nitrogen and oxygen atoms in total. The highest BCUT2D eigenvalue weighted by molar-refractivity contribution is 5.92. The van der Waals surface area contributed by atoms with E-state index in [2.05, 4.69) is 17.6 Å². The molecule has 3 unspecified atom stereocenters. The fourth-order valence-electron chi connectivity index (χ4n) is 3.73. The van der Waals surface area contributed by atoms with Crippen molar-refractivity contribution in [2.75, 3.05) is 6.54 Å². The molecule has 8 heteroatoms. The lowest BCUT2D eigenvalue weighted by Crippen LogP contribution is -2.55. The first kappa shape index (κ1) is 30.3. The maximum Gasteiger partial charge on any atom is 0.408 e. The molecule has 1 aromatic carbocycles. The number of carbonyl (C=O) groups is 3. The number of hydrogen-bond acceptors (Lipinski definition) is 5. The Morgan fingerprint density at radius 3 is 2.23 bits per heavy atom. The fraction of sp³-hybridized carbons (Fsp3) is 0.667. The van der Waals surface area contributed by atoms with Crippen LogP contribution in [0.25, 0.3) is 0 Å². The Labute approximate surface area is 210 Å². The highest BCUT2D eigenvalue weighted by Gasteiger charge is 2.38. The molecule has 0 radical (unpaired) electrons. The zero-order chi connectivity index (χ0) is 26.8. The molecule has 35 heavy (non-hydrogen) atoms. The summed E-state index contributed by atoms with van der Waals surface area (Å²) in [7, 11) is 0. The third kappa shape index (κ3) is 10.2. The van der Waals surface area contributed by atoms with E-state index in [-0.39, 0.29) is 29.5 Å². The molecule has 0 saturated heterocycles. The first-order valence-electron chi connectivity index (χ1n) is 12.7. The van der Waals surface area contributed by atoms with E-state index >= 15 is 0 Å². The topological polar surface area (TPSA) is 108 Å². The minimum atomic E-state index is -0.958. The number of alkyl carbamates (subject to hydrolysis) is 1. The lowest BCUT2D eigenvalue weighted by atomic mass is 9.95. The lowest BCUT2D eigenvalue weighted by molar-refractivity contribution is -0.143. The number of ether oxygens (including phenoxy) is 1. The van der Waals surface area contributed by atoms with Crippen LogP contribution in [0.1, 0.15) is 92.7 Å². The predicted octanol–water partition coefficient (Wildman–Crippen LogP) is 4.92. The van der Waals surface area contributed by atoms with E-state index < -0.39 is 23.8 Å². The van der Waals surface area contributed by atoms with Crippen LogP contribution in [0, 0.1) is 5.92 Å². The Bertz CT molecular complexity index is 834. The number of nitrogens with zero attached hydrogens (tertiary/aromatic N) is 1. The van der Waals surface area contributed by atoms with E-state index in [0.717, 1.165) is 12.8 Å². The van der Waals surface area contributed by atoms with E-state index in [9.17, 15) is 19.5 Å². The van der Waals surface area contributed by atoms with Crippen LogP contribution in [0.15, 0.2) is 24.3 Å². The summed E-state index contributed by atoms with van der Waals surface area (Å²) in [6.45, 7) is 15.2. The van der Waals surface area contributed by atoms with E-state index in [1.807, 2.05) is 27.7 Å². The van der Waals surface area contributed by atoms with Crippen LogP contribution in [0.4, 0.5) is 4.79 Å². The first-order valence-corrected chi connectivity index (χ1v) is 12.7. The number of phenols is 1. The Hall–Kier alpha value is -2.77. The molecule has 0 spiro atoms. The van der Waals surface area contributed by atoms with E-state index in [4.69, 9.17) is 4.74 Å². The van der Waals surface area contributed by atoms with Crippen LogP contribution in [-0.4, -0.2) is 52.1 Å². The van der Waals surface area contributed by atoms with Crippen molar-refractivity contribution in [1.82, 2.24) is 15.5 Å². The minimum absolute atomic E-state index is 0.0103. The van der Waals surface area contributed by atoms with Gasteiger partial charge in [-0.3, -0.25) is 9.59 Å². The van der Waals surface area contributed by atoms with Crippen molar-refractivity contribution >= 4 is 17.9 Å². The van der Waals surface area contributed by atoms with Crippen molar-refractivity contribution < 1.29 is 24.2 Å². The summed E-state index contributed by atoms with van der Waals surface area (Å²) in [4.78, 5) is 41.6.